The van der Waals surface area contributed by atoms with Crippen molar-refractivity contribution < 1.29 is 21.6 Å². The Hall–Kier alpha value is -1.94. The highest BCUT2D eigenvalue weighted by Crippen LogP contribution is 2.23. The second kappa shape index (κ2) is 8.43. The quantitative estimate of drug-likeness (QED) is 0.686. The van der Waals surface area contributed by atoms with Crippen molar-refractivity contribution in [1.82, 2.24) is 9.21 Å². The van der Waals surface area contributed by atoms with Crippen LogP contribution in [0, 0.1) is 0 Å². The molecule has 0 unspecified atom stereocenters. The summed E-state index contributed by atoms with van der Waals surface area (Å²) in [5.74, 6) is -0.509. The number of rotatable bonds is 5. The van der Waals surface area contributed by atoms with Crippen LogP contribution >= 0.6 is 11.6 Å². The highest BCUT2D eigenvalue weighted by Gasteiger charge is 2.30. The van der Waals surface area contributed by atoms with Gasteiger partial charge in [-0.2, -0.15) is 4.31 Å². The number of nitrogens with zero attached hydrogens (tertiary/aromatic N) is 2. The number of benzene rings is 2. The fourth-order valence-corrected chi connectivity index (χ4v) is 5.48. The maximum Gasteiger partial charge on any atom is 0.255 e. The lowest BCUT2D eigenvalue weighted by Gasteiger charge is -2.34. The van der Waals surface area contributed by atoms with Crippen LogP contribution in [0.3, 0.4) is 0 Å². The number of sulfonamides is 1. The van der Waals surface area contributed by atoms with Crippen LogP contribution in [0.5, 0.6) is 0 Å². The number of carbonyl (C=O) groups excluding carboxylic acids is 1. The first-order valence-corrected chi connectivity index (χ1v) is 12.8. The molecular weight excluding hydrogens is 436 g/mol. The Balaban J connectivity index is 1.70. The van der Waals surface area contributed by atoms with E-state index in [0.717, 1.165) is 6.26 Å². The van der Waals surface area contributed by atoms with Crippen molar-refractivity contribution in [3.8, 4) is 0 Å². The first-order chi connectivity index (χ1) is 13.6. The number of amides is 1. The minimum atomic E-state index is -3.49. The van der Waals surface area contributed by atoms with Gasteiger partial charge in [-0.1, -0.05) is 41.9 Å². The molecule has 0 aliphatic carbocycles. The zero-order chi connectivity index (χ0) is 21.2. The molecule has 1 aliphatic rings. The predicted octanol–water partition coefficient (Wildman–Crippen LogP) is 2.03. The van der Waals surface area contributed by atoms with Gasteiger partial charge < -0.3 is 4.90 Å². The van der Waals surface area contributed by atoms with Crippen molar-refractivity contribution in [3.05, 3.63) is 64.7 Å². The fourth-order valence-electron chi connectivity index (χ4n) is 3.11. The van der Waals surface area contributed by atoms with E-state index in [2.05, 4.69) is 0 Å². The number of piperazine rings is 1. The van der Waals surface area contributed by atoms with Crippen LogP contribution in [0.4, 0.5) is 0 Å². The van der Waals surface area contributed by atoms with Crippen LogP contribution in [-0.2, 0) is 25.6 Å². The van der Waals surface area contributed by atoms with E-state index in [9.17, 15) is 21.6 Å². The average Bonchev–Trinajstić information content (AvgIpc) is 2.67. The first-order valence-electron chi connectivity index (χ1n) is 8.88. The summed E-state index contributed by atoms with van der Waals surface area (Å²) in [5, 5.41) is 0.154. The van der Waals surface area contributed by atoms with E-state index in [-0.39, 0.29) is 47.4 Å². The minimum Gasteiger partial charge on any atom is -0.336 e. The minimum absolute atomic E-state index is 0.00863. The van der Waals surface area contributed by atoms with Crippen molar-refractivity contribution in [3.63, 3.8) is 0 Å². The molecule has 1 fully saturated rings. The van der Waals surface area contributed by atoms with Crippen molar-refractivity contribution in [2.45, 2.75) is 10.6 Å². The summed E-state index contributed by atoms with van der Waals surface area (Å²) in [7, 11) is -6.98. The van der Waals surface area contributed by atoms with Gasteiger partial charge in [-0.25, -0.2) is 16.8 Å². The van der Waals surface area contributed by atoms with Crippen molar-refractivity contribution in [2.75, 3.05) is 32.4 Å². The van der Waals surface area contributed by atoms with Gasteiger partial charge >= 0.3 is 0 Å². The molecule has 0 saturated carbocycles. The van der Waals surface area contributed by atoms with E-state index in [4.69, 9.17) is 11.6 Å². The molecule has 2 aromatic carbocycles. The second-order valence-corrected chi connectivity index (χ2v) is 11.2. The number of hydrogen-bond donors (Lipinski definition) is 0. The third kappa shape index (κ3) is 5.16. The predicted molar refractivity (Wildman–Crippen MR) is 111 cm³/mol. The first kappa shape index (κ1) is 21.8. The molecule has 1 amide bonds. The van der Waals surface area contributed by atoms with E-state index in [1.54, 1.807) is 24.3 Å². The summed E-state index contributed by atoms with van der Waals surface area (Å²) < 4.78 is 50.2. The van der Waals surface area contributed by atoms with Gasteiger partial charge in [0.2, 0.25) is 10.0 Å². The number of sulfone groups is 1. The average molecular weight is 457 g/mol. The van der Waals surface area contributed by atoms with Crippen LogP contribution in [0.2, 0.25) is 5.02 Å². The van der Waals surface area contributed by atoms with Crippen LogP contribution in [0.1, 0.15) is 15.9 Å². The molecule has 10 heteroatoms. The van der Waals surface area contributed by atoms with E-state index in [1.807, 2.05) is 6.07 Å². The molecule has 156 valence electrons. The Labute approximate surface area is 175 Å². The summed E-state index contributed by atoms with van der Waals surface area (Å²) in [6.45, 7) is 0.743. The molecule has 0 radical (unpaired) electrons. The molecule has 0 atom stereocenters. The normalized spacial score (nSPS) is 16.0. The third-order valence-electron chi connectivity index (χ3n) is 4.71. The number of carbonyl (C=O) groups is 1. The molecule has 2 aromatic rings. The Morgan fingerprint density at radius 3 is 2.17 bits per heavy atom. The molecule has 1 aliphatic heterocycles. The van der Waals surface area contributed by atoms with Crippen LogP contribution in [0.25, 0.3) is 0 Å². The largest absolute Gasteiger partial charge is 0.336 e. The van der Waals surface area contributed by atoms with Gasteiger partial charge in [0.25, 0.3) is 5.91 Å². The topological polar surface area (TPSA) is 91.8 Å². The Kier molecular flexibility index (Phi) is 6.33. The van der Waals surface area contributed by atoms with E-state index >= 15 is 0 Å². The third-order valence-corrected chi connectivity index (χ3v) is 8.00. The summed E-state index contributed by atoms with van der Waals surface area (Å²) in [4.78, 5) is 14.3. The second-order valence-electron chi connectivity index (χ2n) is 6.85. The summed E-state index contributed by atoms with van der Waals surface area (Å²) in [6, 6.07) is 12.9. The van der Waals surface area contributed by atoms with Gasteiger partial charge in [-0.15, -0.1) is 0 Å². The van der Waals surface area contributed by atoms with Crippen molar-refractivity contribution >= 4 is 37.4 Å². The Morgan fingerprint density at radius 2 is 1.59 bits per heavy atom. The number of hydrogen-bond acceptors (Lipinski definition) is 5. The smallest absolute Gasteiger partial charge is 0.255 e. The lowest BCUT2D eigenvalue weighted by Crippen LogP contribution is -2.50. The van der Waals surface area contributed by atoms with Gasteiger partial charge in [-0.3, -0.25) is 4.79 Å². The molecule has 1 saturated heterocycles. The SMILES string of the molecule is CS(=O)(=O)c1ccc(Cl)c(C(=O)N2CCN(S(=O)(=O)Cc3ccccc3)CC2)c1. The maximum absolute atomic E-state index is 12.8. The molecule has 1 heterocycles. The molecule has 0 spiro atoms. The molecule has 3 rings (SSSR count). The molecular formula is C19H21ClN2O5S2. The van der Waals surface area contributed by atoms with E-state index in [0.29, 0.717) is 5.56 Å². The monoisotopic (exact) mass is 456 g/mol. The summed E-state index contributed by atoms with van der Waals surface area (Å²) >= 11 is 6.10. The maximum atomic E-state index is 12.8. The standard InChI is InChI=1S/C19H21ClN2O5S2/c1-28(24,25)16-7-8-18(20)17(13-16)19(23)21-9-11-22(12-10-21)29(26,27)14-15-5-3-2-4-6-15/h2-8,13H,9-12,14H2,1H3. The number of halogens is 1. The molecule has 0 bridgehead atoms. The lowest BCUT2D eigenvalue weighted by molar-refractivity contribution is 0.0697. The zero-order valence-electron chi connectivity index (χ0n) is 15.8. The van der Waals surface area contributed by atoms with Gasteiger partial charge in [0.05, 0.1) is 21.2 Å². The fraction of sp³-hybridized carbons (Fsp3) is 0.316. The van der Waals surface area contributed by atoms with Crippen LogP contribution in [-0.4, -0.2) is 64.4 Å². The van der Waals surface area contributed by atoms with Crippen LogP contribution in [0.15, 0.2) is 53.4 Å². The van der Waals surface area contributed by atoms with Crippen molar-refractivity contribution in [2.24, 2.45) is 0 Å². The molecule has 0 aromatic heterocycles. The molecule has 29 heavy (non-hydrogen) atoms. The van der Waals surface area contributed by atoms with E-state index < -0.39 is 25.8 Å². The zero-order valence-corrected chi connectivity index (χ0v) is 18.2. The van der Waals surface area contributed by atoms with Crippen molar-refractivity contribution in [1.29, 1.82) is 0 Å². The molecule has 7 nitrogen and oxygen atoms in total. The highest BCUT2D eigenvalue weighted by atomic mass is 35.5. The summed E-state index contributed by atoms with van der Waals surface area (Å²) in [6.07, 6.45) is 1.06. The Morgan fingerprint density at radius 1 is 0.966 bits per heavy atom. The van der Waals surface area contributed by atoms with Gasteiger partial charge in [0, 0.05) is 32.4 Å². The summed E-state index contributed by atoms with van der Waals surface area (Å²) in [5.41, 5.74) is 0.797. The van der Waals surface area contributed by atoms with Gasteiger partial charge in [0.1, 0.15) is 0 Å². The highest BCUT2D eigenvalue weighted by molar-refractivity contribution is 7.90. The Bertz CT molecular complexity index is 1110. The lowest BCUT2D eigenvalue weighted by atomic mass is 10.2. The molecule has 0 N–H and O–H groups in total. The van der Waals surface area contributed by atoms with Gasteiger partial charge in [-0.05, 0) is 23.8 Å². The van der Waals surface area contributed by atoms with E-state index in [1.165, 1.54) is 27.4 Å². The van der Waals surface area contributed by atoms with Gasteiger partial charge in [0.15, 0.2) is 9.84 Å². The van der Waals surface area contributed by atoms with Crippen LogP contribution < -0.4 is 0 Å².